The number of likely N-dealkylation sites (N-methyl/N-ethyl adjacent to an activating group) is 1. The van der Waals surface area contributed by atoms with E-state index in [1.54, 1.807) is 12.1 Å². The zero-order chi connectivity index (χ0) is 18.8. The molecule has 27 heavy (non-hydrogen) atoms. The average Bonchev–Trinajstić information content (AvgIpc) is 3.02. The van der Waals surface area contributed by atoms with E-state index in [9.17, 15) is 4.39 Å². The summed E-state index contributed by atoms with van der Waals surface area (Å²) in [4.78, 5) is 5.47. The van der Waals surface area contributed by atoms with Crippen LogP contribution in [0.2, 0.25) is 0 Å². The lowest BCUT2D eigenvalue weighted by Gasteiger charge is -2.16. The molecule has 0 amide bonds. The maximum Gasteiger partial charge on any atom is 0.166 e. The van der Waals surface area contributed by atoms with Crippen LogP contribution in [0.5, 0.6) is 5.75 Å². The van der Waals surface area contributed by atoms with Gasteiger partial charge >= 0.3 is 0 Å². The SMILES string of the molecule is CN(C)CCOc1c(Nc2ccccc2)ccc2c1[nH]c1ccc(F)cc12. The molecule has 0 saturated heterocycles. The first-order valence-corrected chi connectivity index (χ1v) is 8.95. The molecule has 4 rings (SSSR count). The van der Waals surface area contributed by atoms with Crippen LogP contribution < -0.4 is 10.1 Å². The largest absolute Gasteiger partial charge is 0.488 e. The van der Waals surface area contributed by atoms with Gasteiger partial charge in [-0.25, -0.2) is 4.39 Å². The monoisotopic (exact) mass is 363 g/mol. The van der Waals surface area contributed by atoms with Crippen molar-refractivity contribution < 1.29 is 9.13 Å². The van der Waals surface area contributed by atoms with Crippen LogP contribution in [0, 0.1) is 5.82 Å². The van der Waals surface area contributed by atoms with Gasteiger partial charge < -0.3 is 19.9 Å². The van der Waals surface area contributed by atoms with Gasteiger partial charge in [0.25, 0.3) is 0 Å². The molecule has 4 nitrogen and oxygen atoms in total. The molecule has 1 aromatic heterocycles. The van der Waals surface area contributed by atoms with Gasteiger partial charge in [-0.15, -0.1) is 0 Å². The summed E-state index contributed by atoms with van der Waals surface area (Å²) in [5.74, 6) is 0.500. The summed E-state index contributed by atoms with van der Waals surface area (Å²) in [6, 6.07) is 18.7. The fourth-order valence-corrected chi connectivity index (χ4v) is 3.17. The van der Waals surface area contributed by atoms with Crippen molar-refractivity contribution in [2.45, 2.75) is 0 Å². The van der Waals surface area contributed by atoms with Gasteiger partial charge in [-0.2, -0.15) is 0 Å². The Balaban J connectivity index is 1.82. The minimum Gasteiger partial charge on any atom is -0.488 e. The number of fused-ring (bicyclic) bond motifs is 3. The van der Waals surface area contributed by atoms with Gasteiger partial charge in [0.15, 0.2) is 5.75 Å². The molecule has 4 aromatic rings. The Morgan fingerprint density at radius 3 is 2.59 bits per heavy atom. The Morgan fingerprint density at radius 2 is 1.81 bits per heavy atom. The molecule has 0 atom stereocenters. The molecule has 0 saturated carbocycles. The van der Waals surface area contributed by atoms with Crippen molar-refractivity contribution in [2.75, 3.05) is 32.6 Å². The van der Waals surface area contributed by atoms with Crippen LogP contribution in [0.15, 0.2) is 60.7 Å². The molecule has 0 aliphatic heterocycles. The summed E-state index contributed by atoms with van der Waals surface area (Å²) in [7, 11) is 4.03. The number of hydrogen-bond donors (Lipinski definition) is 2. The molecule has 3 aromatic carbocycles. The number of aromatic amines is 1. The molecule has 2 N–H and O–H groups in total. The lowest BCUT2D eigenvalue weighted by molar-refractivity contribution is 0.264. The quantitative estimate of drug-likeness (QED) is 0.498. The highest BCUT2D eigenvalue weighted by molar-refractivity contribution is 6.10. The molecule has 0 unspecified atom stereocenters. The van der Waals surface area contributed by atoms with E-state index < -0.39 is 0 Å². The van der Waals surface area contributed by atoms with E-state index in [-0.39, 0.29) is 5.82 Å². The maximum absolute atomic E-state index is 13.7. The van der Waals surface area contributed by atoms with E-state index in [0.29, 0.717) is 6.61 Å². The van der Waals surface area contributed by atoms with E-state index in [1.807, 2.05) is 56.6 Å². The summed E-state index contributed by atoms with van der Waals surface area (Å²) in [6.45, 7) is 1.36. The number of benzene rings is 3. The number of nitrogens with zero attached hydrogens (tertiary/aromatic N) is 1. The summed E-state index contributed by atoms with van der Waals surface area (Å²) >= 11 is 0. The van der Waals surface area contributed by atoms with Crippen molar-refractivity contribution in [3.8, 4) is 5.75 Å². The van der Waals surface area contributed by atoms with Crippen LogP contribution >= 0.6 is 0 Å². The number of H-pyrrole nitrogens is 1. The predicted molar refractivity (Wildman–Crippen MR) is 110 cm³/mol. The third-order valence-corrected chi connectivity index (χ3v) is 4.53. The van der Waals surface area contributed by atoms with Crippen molar-refractivity contribution in [1.82, 2.24) is 9.88 Å². The van der Waals surface area contributed by atoms with Crippen molar-refractivity contribution in [3.05, 3.63) is 66.5 Å². The smallest absolute Gasteiger partial charge is 0.166 e. The first kappa shape index (κ1) is 17.4. The van der Waals surface area contributed by atoms with E-state index >= 15 is 0 Å². The van der Waals surface area contributed by atoms with E-state index in [0.717, 1.165) is 45.5 Å². The highest BCUT2D eigenvalue weighted by Crippen LogP contribution is 2.38. The van der Waals surface area contributed by atoms with Gasteiger partial charge in [0.2, 0.25) is 0 Å². The number of anilines is 2. The fourth-order valence-electron chi connectivity index (χ4n) is 3.17. The Morgan fingerprint density at radius 1 is 1.00 bits per heavy atom. The van der Waals surface area contributed by atoms with Crippen molar-refractivity contribution in [2.24, 2.45) is 0 Å². The molecular formula is C22H22FN3O. The van der Waals surface area contributed by atoms with E-state index in [1.165, 1.54) is 6.07 Å². The lowest BCUT2D eigenvalue weighted by Crippen LogP contribution is -2.19. The molecule has 138 valence electrons. The van der Waals surface area contributed by atoms with Crippen LogP contribution in [0.3, 0.4) is 0 Å². The lowest BCUT2D eigenvalue weighted by atomic mass is 10.1. The Hall–Kier alpha value is -3.05. The van der Waals surface area contributed by atoms with Crippen molar-refractivity contribution in [3.63, 3.8) is 0 Å². The molecule has 0 radical (unpaired) electrons. The Bertz CT molecular complexity index is 1070. The molecule has 0 fully saturated rings. The van der Waals surface area contributed by atoms with Crippen LogP contribution in [0.25, 0.3) is 21.8 Å². The number of nitrogens with one attached hydrogen (secondary N) is 2. The first-order valence-electron chi connectivity index (χ1n) is 8.95. The zero-order valence-corrected chi connectivity index (χ0v) is 15.4. The number of para-hydroxylation sites is 1. The highest BCUT2D eigenvalue weighted by atomic mass is 19.1. The van der Waals surface area contributed by atoms with Crippen LogP contribution in [0.4, 0.5) is 15.8 Å². The third-order valence-electron chi connectivity index (χ3n) is 4.53. The Kier molecular flexibility index (Phi) is 4.69. The van der Waals surface area contributed by atoms with Gasteiger partial charge in [0.05, 0.1) is 11.2 Å². The van der Waals surface area contributed by atoms with E-state index in [2.05, 4.69) is 15.2 Å². The van der Waals surface area contributed by atoms with Crippen LogP contribution in [-0.4, -0.2) is 37.1 Å². The molecule has 0 spiro atoms. The molecule has 0 aliphatic rings. The second-order valence-electron chi connectivity index (χ2n) is 6.82. The number of rotatable bonds is 6. The van der Waals surface area contributed by atoms with Crippen molar-refractivity contribution >= 4 is 33.2 Å². The standard InChI is InChI=1S/C22H22FN3O/c1-26(2)12-13-27-22-20(24-16-6-4-3-5-7-16)11-9-17-18-14-15(23)8-10-19(18)25-21(17)22/h3-11,14,24-25H,12-13H2,1-2H3. The minimum atomic E-state index is -0.245. The first-order chi connectivity index (χ1) is 13.1. The number of halogens is 1. The predicted octanol–water partition coefficient (Wildman–Crippen LogP) is 5.14. The summed E-state index contributed by atoms with van der Waals surface area (Å²) in [6.07, 6.45) is 0. The summed E-state index contributed by atoms with van der Waals surface area (Å²) in [5.41, 5.74) is 3.62. The third kappa shape index (κ3) is 3.59. The van der Waals surface area contributed by atoms with Crippen LogP contribution in [0.1, 0.15) is 0 Å². The minimum absolute atomic E-state index is 0.245. The van der Waals surface area contributed by atoms with Crippen molar-refractivity contribution in [1.29, 1.82) is 0 Å². The molecule has 0 bridgehead atoms. The maximum atomic E-state index is 13.7. The Labute approximate surface area is 157 Å². The normalized spacial score (nSPS) is 11.4. The number of hydrogen-bond acceptors (Lipinski definition) is 3. The second kappa shape index (κ2) is 7.29. The van der Waals surface area contributed by atoms with Gasteiger partial charge in [-0.1, -0.05) is 18.2 Å². The topological polar surface area (TPSA) is 40.3 Å². The zero-order valence-electron chi connectivity index (χ0n) is 15.4. The fraction of sp³-hybridized carbons (Fsp3) is 0.182. The highest BCUT2D eigenvalue weighted by Gasteiger charge is 2.15. The number of aromatic nitrogens is 1. The van der Waals surface area contributed by atoms with Crippen LogP contribution in [-0.2, 0) is 0 Å². The van der Waals surface area contributed by atoms with Gasteiger partial charge in [-0.3, -0.25) is 0 Å². The van der Waals surface area contributed by atoms with E-state index in [4.69, 9.17) is 4.74 Å². The molecule has 5 heteroatoms. The van der Waals surface area contributed by atoms with Gasteiger partial charge in [0.1, 0.15) is 12.4 Å². The molecule has 0 aliphatic carbocycles. The molecular weight excluding hydrogens is 341 g/mol. The summed E-state index contributed by atoms with van der Waals surface area (Å²) in [5, 5.41) is 5.23. The average molecular weight is 363 g/mol. The van der Waals surface area contributed by atoms with Gasteiger partial charge in [0, 0.05) is 28.5 Å². The second-order valence-corrected chi connectivity index (χ2v) is 6.82. The number of ether oxygens (including phenoxy) is 1. The summed E-state index contributed by atoms with van der Waals surface area (Å²) < 4.78 is 19.9. The van der Waals surface area contributed by atoms with Gasteiger partial charge in [-0.05, 0) is 56.6 Å². The molecule has 1 heterocycles.